The predicted molar refractivity (Wildman–Crippen MR) is 94.7 cm³/mol. The van der Waals surface area contributed by atoms with Crippen molar-refractivity contribution in [2.75, 3.05) is 0 Å². The Bertz CT molecular complexity index is 1040. The number of nitrogens with zero attached hydrogens (tertiary/aromatic N) is 2. The first-order chi connectivity index (χ1) is 12.2. The molecule has 4 aromatic rings. The Morgan fingerprint density at radius 3 is 2.36 bits per heavy atom. The Hall–Kier alpha value is -3.67. The van der Waals surface area contributed by atoms with Gasteiger partial charge in [0.1, 0.15) is 17.3 Å². The zero-order valence-corrected chi connectivity index (χ0v) is 13.0. The molecule has 4 rings (SSSR count). The van der Waals surface area contributed by atoms with E-state index in [0.29, 0.717) is 16.9 Å². The van der Waals surface area contributed by atoms with Crippen LogP contribution in [0.3, 0.4) is 0 Å². The van der Waals surface area contributed by atoms with E-state index in [1.54, 1.807) is 6.07 Å². The molecule has 0 saturated carbocycles. The second kappa shape index (κ2) is 6.09. The largest absolute Gasteiger partial charge is 0.457 e. The quantitative estimate of drug-likeness (QED) is 0.424. The number of nitro groups is 1. The SMILES string of the molecule is O=[N+]([O-])c1ccc2nc(-c3ccc(Oc4ccccc4)cc3)[nH]c2c1. The lowest BCUT2D eigenvalue weighted by molar-refractivity contribution is -0.384. The summed E-state index contributed by atoms with van der Waals surface area (Å²) >= 11 is 0. The molecule has 1 N–H and O–H groups in total. The van der Waals surface area contributed by atoms with Crippen LogP contribution in [0.25, 0.3) is 22.4 Å². The van der Waals surface area contributed by atoms with E-state index in [-0.39, 0.29) is 5.69 Å². The number of nitro benzene ring substituents is 1. The van der Waals surface area contributed by atoms with E-state index in [1.807, 2.05) is 54.6 Å². The summed E-state index contributed by atoms with van der Waals surface area (Å²) in [7, 11) is 0. The maximum atomic E-state index is 10.9. The van der Waals surface area contributed by atoms with Crippen molar-refractivity contribution in [2.24, 2.45) is 0 Å². The van der Waals surface area contributed by atoms with E-state index in [1.165, 1.54) is 12.1 Å². The normalized spacial score (nSPS) is 10.7. The summed E-state index contributed by atoms with van der Waals surface area (Å²) in [5.41, 5.74) is 2.23. The highest BCUT2D eigenvalue weighted by Crippen LogP contribution is 2.27. The zero-order chi connectivity index (χ0) is 17.2. The zero-order valence-electron chi connectivity index (χ0n) is 13.0. The van der Waals surface area contributed by atoms with Crippen LogP contribution in [0.2, 0.25) is 0 Å². The third-order valence-electron chi connectivity index (χ3n) is 3.78. The summed E-state index contributed by atoms with van der Waals surface area (Å²) in [6, 6.07) is 21.6. The van der Waals surface area contributed by atoms with E-state index in [2.05, 4.69) is 9.97 Å². The highest BCUT2D eigenvalue weighted by Gasteiger charge is 2.10. The van der Waals surface area contributed by atoms with Crippen LogP contribution in [-0.4, -0.2) is 14.9 Å². The molecule has 25 heavy (non-hydrogen) atoms. The molecule has 0 unspecified atom stereocenters. The van der Waals surface area contributed by atoms with E-state index >= 15 is 0 Å². The van der Waals surface area contributed by atoms with Crippen LogP contribution in [0.1, 0.15) is 0 Å². The van der Waals surface area contributed by atoms with Crippen LogP contribution in [-0.2, 0) is 0 Å². The molecule has 0 aliphatic carbocycles. The number of aromatic amines is 1. The minimum absolute atomic E-state index is 0.0364. The third-order valence-corrected chi connectivity index (χ3v) is 3.78. The van der Waals surface area contributed by atoms with Gasteiger partial charge >= 0.3 is 0 Å². The summed E-state index contributed by atoms with van der Waals surface area (Å²) in [5.74, 6) is 2.15. The Morgan fingerprint density at radius 2 is 1.64 bits per heavy atom. The minimum Gasteiger partial charge on any atom is -0.457 e. The topological polar surface area (TPSA) is 81.1 Å². The fraction of sp³-hybridized carbons (Fsp3) is 0. The summed E-state index contributed by atoms with van der Waals surface area (Å²) in [6.45, 7) is 0. The van der Waals surface area contributed by atoms with Crippen molar-refractivity contribution < 1.29 is 9.66 Å². The van der Waals surface area contributed by atoms with Crippen molar-refractivity contribution in [3.05, 3.63) is 82.9 Å². The number of hydrogen-bond acceptors (Lipinski definition) is 4. The first-order valence-corrected chi connectivity index (χ1v) is 7.66. The Morgan fingerprint density at radius 1 is 0.920 bits per heavy atom. The molecule has 0 radical (unpaired) electrons. The Labute approximate surface area is 142 Å². The number of hydrogen-bond donors (Lipinski definition) is 1. The van der Waals surface area contributed by atoms with Crippen LogP contribution in [0.4, 0.5) is 5.69 Å². The van der Waals surface area contributed by atoms with Crippen LogP contribution in [0.15, 0.2) is 72.8 Å². The third kappa shape index (κ3) is 3.05. The molecular weight excluding hydrogens is 318 g/mol. The van der Waals surface area contributed by atoms with Crippen LogP contribution >= 0.6 is 0 Å². The van der Waals surface area contributed by atoms with Crippen LogP contribution in [0, 0.1) is 10.1 Å². The van der Waals surface area contributed by atoms with Gasteiger partial charge in [0, 0.05) is 17.7 Å². The molecule has 0 fully saturated rings. The lowest BCUT2D eigenvalue weighted by Gasteiger charge is -2.05. The average molecular weight is 331 g/mol. The number of ether oxygens (including phenoxy) is 1. The number of para-hydroxylation sites is 1. The van der Waals surface area contributed by atoms with Gasteiger partial charge < -0.3 is 9.72 Å². The molecule has 0 aliphatic heterocycles. The molecule has 3 aromatic carbocycles. The molecule has 0 amide bonds. The van der Waals surface area contributed by atoms with Crippen molar-refractivity contribution in [3.8, 4) is 22.9 Å². The number of fused-ring (bicyclic) bond motifs is 1. The lowest BCUT2D eigenvalue weighted by Crippen LogP contribution is -1.86. The van der Waals surface area contributed by atoms with Gasteiger partial charge in [-0.2, -0.15) is 0 Å². The molecule has 6 heteroatoms. The second-order valence-corrected chi connectivity index (χ2v) is 5.48. The van der Waals surface area contributed by atoms with Gasteiger partial charge in [-0.3, -0.25) is 10.1 Å². The molecule has 0 spiro atoms. The van der Waals surface area contributed by atoms with Gasteiger partial charge in [0.15, 0.2) is 0 Å². The van der Waals surface area contributed by atoms with E-state index in [4.69, 9.17) is 4.74 Å². The van der Waals surface area contributed by atoms with Gasteiger partial charge in [-0.05, 0) is 42.5 Å². The standard InChI is InChI=1S/C19H13N3O3/c23-22(24)14-8-11-17-18(12-14)21-19(20-17)13-6-9-16(10-7-13)25-15-4-2-1-3-5-15/h1-12H,(H,20,21). The number of nitrogens with one attached hydrogen (secondary N) is 1. The molecule has 6 nitrogen and oxygen atoms in total. The smallest absolute Gasteiger partial charge is 0.271 e. The maximum absolute atomic E-state index is 10.9. The molecule has 0 atom stereocenters. The van der Waals surface area contributed by atoms with Gasteiger partial charge in [-0.1, -0.05) is 18.2 Å². The number of rotatable bonds is 4. The summed E-state index contributed by atoms with van der Waals surface area (Å²) < 4.78 is 5.76. The predicted octanol–water partition coefficient (Wildman–Crippen LogP) is 4.93. The molecule has 1 aromatic heterocycles. The van der Waals surface area contributed by atoms with E-state index < -0.39 is 4.92 Å². The Balaban J connectivity index is 1.61. The number of imidazole rings is 1. The van der Waals surface area contributed by atoms with Crippen LogP contribution in [0.5, 0.6) is 11.5 Å². The molecular formula is C19H13N3O3. The van der Waals surface area contributed by atoms with Crippen molar-refractivity contribution in [2.45, 2.75) is 0 Å². The van der Waals surface area contributed by atoms with E-state index in [9.17, 15) is 10.1 Å². The first kappa shape index (κ1) is 14.9. The molecule has 1 heterocycles. The second-order valence-electron chi connectivity index (χ2n) is 5.48. The fourth-order valence-electron chi connectivity index (χ4n) is 2.55. The van der Waals surface area contributed by atoms with Crippen LogP contribution < -0.4 is 4.74 Å². The average Bonchev–Trinajstić information content (AvgIpc) is 3.06. The van der Waals surface area contributed by atoms with Crippen molar-refractivity contribution in [1.29, 1.82) is 0 Å². The summed E-state index contributed by atoms with van der Waals surface area (Å²) in [4.78, 5) is 18.0. The van der Waals surface area contributed by atoms with Crippen molar-refractivity contribution in [3.63, 3.8) is 0 Å². The van der Waals surface area contributed by atoms with Gasteiger partial charge in [0.05, 0.1) is 16.0 Å². The number of benzene rings is 3. The van der Waals surface area contributed by atoms with Crippen molar-refractivity contribution >= 4 is 16.7 Å². The summed E-state index contributed by atoms with van der Waals surface area (Å²) in [5, 5.41) is 10.9. The van der Waals surface area contributed by atoms with Gasteiger partial charge in [-0.15, -0.1) is 0 Å². The van der Waals surface area contributed by atoms with Gasteiger partial charge in [0.2, 0.25) is 0 Å². The van der Waals surface area contributed by atoms with Gasteiger partial charge in [-0.25, -0.2) is 4.98 Å². The van der Waals surface area contributed by atoms with Crippen molar-refractivity contribution in [1.82, 2.24) is 9.97 Å². The van der Waals surface area contributed by atoms with Gasteiger partial charge in [0.25, 0.3) is 5.69 Å². The molecule has 0 aliphatic rings. The monoisotopic (exact) mass is 331 g/mol. The Kier molecular flexibility index (Phi) is 3.63. The highest BCUT2D eigenvalue weighted by molar-refractivity contribution is 5.81. The molecule has 122 valence electrons. The number of H-pyrrole nitrogens is 1. The minimum atomic E-state index is -0.421. The lowest BCUT2D eigenvalue weighted by atomic mass is 10.2. The number of aromatic nitrogens is 2. The molecule has 0 saturated heterocycles. The summed E-state index contributed by atoms with van der Waals surface area (Å²) in [6.07, 6.45) is 0. The molecule has 0 bridgehead atoms. The highest BCUT2D eigenvalue weighted by atomic mass is 16.6. The first-order valence-electron chi connectivity index (χ1n) is 7.66. The van der Waals surface area contributed by atoms with E-state index in [0.717, 1.165) is 17.1 Å². The number of non-ortho nitro benzene ring substituents is 1. The fourth-order valence-corrected chi connectivity index (χ4v) is 2.55. The maximum Gasteiger partial charge on any atom is 0.271 e.